The van der Waals surface area contributed by atoms with Gasteiger partial charge in [-0.15, -0.1) is 0 Å². The minimum Gasteiger partial charge on any atom is -0.381 e. The van der Waals surface area contributed by atoms with Gasteiger partial charge in [0, 0.05) is 29.7 Å². The molecule has 1 aromatic carbocycles. The second-order valence-corrected chi connectivity index (χ2v) is 5.70. The number of hydrogen-bond acceptors (Lipinski definition) is 2. The molecule has 1 N–H and O–H groups in total. The third-order valence-electron chi connectivity index (χ3n) is 4.47. The van der Waals surface area contributed by atoms with Crippen LogP contribution in [0.5, 0.6) is 0 Å². The van der Waals surface area contributed by atoms with Gasteiger partial charge in [-0.05, 0) is 24.5 Å². The summed E-state index contributed by atoms with van der Waals surface area (Å²) >= 11 is 0. The van der Waals surface area contributed by atoms with E-state index in [0.29, 0.717) is 13.2 Å². The molecule has 1 atom stereocenters. The number of nitrogens with zero attached hydrogens (tertiary/aromatic N) is 1. The lowest BCUT2D eigenvalue weighted by Crippen LogP contribution is -2.39. The van der Waals surface area contributed by atoms with Crippen molar-refractivity contribution in [3.05, 3.63) is 35.5 Å². The molecule has 1 aromatic heterocycles. The van der Waals surface area contributed by atoms with E-state index < -0.39 is 0 Å². The van der Waals surface area contributed by atoms with Gasteiger partial charge in [-0.1, -0.05) is 18.2 Å². The molecule has 0 aliphatic carbocycles. The number of aromatic nitrogens is 1. The van der Waals surface area contributed by atoms with Crippen LogP contribution < -0.4 is 0 Å². The monoisotopic (exact) mass is 270 g/mol. The van der Waals surface area contributed by atoms with E-state index in [9.17, 15) is 4.79 Å². The highest BCUT2D eigenvalue weighted by molar-refractivity contribution is 5.86. The molecule has 0 bridgehead atoms. The molecular weight excluding hydrogens is 252 g/mol. The molecule has 2 aromatic rings. The van der Waals surface area contributed by atoms with E-state index in [1.807, 2.05) is 11.0 Å². The molecule has 4 heteroatoms. The van der Waals surface area contributed by atoms with Gasteiger partial charge in [0.1, 0.15) is 0 Å². The predicted octanol–water partition coefficient (Wildman–Crippen LogP) is 2.09. The largest absolute Gasteiger partial charge is 0.381 e. The number of benzene rings is 1. The predicted molar refractivity (Wildman–Crippen MR) is 76.3 cm³/mol. The molecule has 1 unspecified atom stereocenters. The summed E-state index contributed by atoms with van der Waals surface area (Å²) in [5, 5.41) is 1.30. The SMILES string of the molecule is O=C(C1CCOC1)N1CCc2c([nH]c3ccccc23)C1. The first-order valence-corrected chi connectivity index (χ1v) is 7.28. The Morgan fingerprint density at radius 2 is 2.25 bits per heavy atom. The molecule has 4 nitrogen and oxygen atoms in total. The van der Waals surface area contributed by atoms with E-state index in [1.165, 1.54) is 22.2 Å². The molecule has 4 rings (SSSR count). The number of aromatic amines is 1. The van der Waals surface area contributed by atoms with Gasteiger partial charge in [-0.3, -0.25) is 4.79 Å². The molecule has 2 aliphatic heterocycles. The van der Waals surface area contributed by atoms with Crippen molar-refractivity contribution in [2.75, 3.05) is 19.8 Å². The number of ether oxygens (including phenoxy) is 1. The second-order valence-electron chi connectivity index (χ2n) is 5.70. The number of nitrogens with one attached hydrogen (secondary N) is 1. The van der Waals surface area contributed by atoms with Crippen molar-refractivity contribution < 1.29 is 9.53 Å². The molecule has 20 heavy (non-hydrogen) atoms. The summed E-state index contributed by atoms with van der Waals surface area (Å²) in [6.45, 7) is 2.85. The summed E-state index contributed by atoms with van der Waals surface area (Å²) in [4.78, 5) is 17.9. The molecule has 0 radical (unpaired) electrons. The highest BCUT2D eigenvalue weighted by Gasteiger charge is 2.30. The van der Waals surface area contributed by atoms with Crippen LogP contribution in [0.2, 0.25) is 0 Å². The number of para-hydroxylation sites is 1. The zero-order valence-corrected chi connectivity index (χ0v) is 11.4. The molecular formula is C16H18N2O2. The maximum absolute atomic E-state index is 12.5. The average molecular weight is 270 g/mol. The van der Waals surface area contributed by atoms with E-state index in [0.717, 1.165) is 26.0 Å². The van der Waals surface area contributed by atoms with Crippen LogP contribution in [-0.2, 0) is 22.5 Å². The first-order chi connectivity index (χ1) is 9.83. The van der Waals surface area contributed by atoms with Crippen LogP contribution >= 0.6 is 0 Å². The first kappa shape index (κ1) is 12.0. The normalized spacial score (nSPS) is 22.2. The van der Waals surface area contributed by atoms with Gasteiger partial charge < -0.3 is 14.6 Å². The fraction of sp³-hybridized carbons (Fsp3) is 0.438. The Morgan fingerprint density at radius 3 is 3.10 bits per heavy atom. The Hall–Kier alpha value is -1.81. The summed E-state index contributed by atoms with van der Waals surface area (Å²) in [7, 11) is 0. The lowest BCUT2D eigenvalue weighted by Gasteiger charge is -2.29. The zero-order valence-electron chi connectivity index (χ0n) is 11.4. The van der Waals surface area contributed by atoms with Gasteiger partial charge in [0.05, 0.1) is 19.1 Å². The van der Waals surface area contributed by atoms with E-state index in [4.69, 9.17) is 4.74 Å². The van der Waals surface area contributed by atoms with E-state index in [-0.39, 0.29) is 11.8 Å². The van der Waals surface area contributed by atoms with Gasteiger partial charge in [0.25, 0.3) is 0 Å². The number of amides is 1. The van der Waals surface area contributed by atoms with Crippen LogP contribution in [-0.4, -0.2) is 35.5 Å². The maximum atomic E-state index is 12.5. The van der Waals surface area contributed by atoms with Crippen molar-refractivity contribution in [3.63, 3.8) is 0 Å². The summed E-state index contributed by atoms with van der Waals surface area (Å²) < 4.78 is 5.33. The van der Waals surface area contributed by atoms with Crippen LogP contribution in [0, 0.1) is 5.92 Å². The van der Waals surface area contributed by atoms with Crippen molar-refractivity contribution in [1.82, 2.24) is 9.88 Å². The molecule has 0 spiro atoms. The fourth-order valence-electron chi connectivity index (χ4n) is 3.37. The molecule has 1 saturated heterocycles. The molecule has 2 aliphatic rings. The standard InChI is InChI=1S/C16H18N2O2/c19-16(11-6-8-20-10-11)18-7-5-13-12-3-1-2-4-14(12)17-15(13)9-18/h1-4,11,17H,5-10H2. The van der Waals surface area contributed by atoms with Gasteiger partial charge >= 0.3 is 0 Å². The third-order valence-corrected chi connectivity index (χ3v) is 4.47. The van der Waals surface area contributed by atoms with Gasteiger partial charge in [-0.2, -0.15) is 0 Å². The quantitative estimate of drug-likeness (QED) is 0.862. The lowest BCUT2D eigenvalue weighted by molar-refractivity contribution is -0.136. The maximum Gasteiger partial charge on any atom is 0.228 e. The summed E-state index contributed by atoms with van der Waals surface area (Å²) in [6, 6.07) is 8.38. The fourth-order valence-corrected chi connectivity index (χ4v) is 3.37. The smallest absolute Gasteiger partial charge is 0.228 e. The van der Waals surface area contributed by atoms with Crippen LogP contribution in [0.25, 0.3) is 10.9 Å². The van der Waals surface area contributed by atoms with Crippen molar-refractivity contribution in [2.24, 2.45) is 5.92 Å². The van der Waals surface area contributed by atoms with E-state index in [2.05, 4.69) is 23.2 Å². The number of carbonyl (C=O) groups excluding carboxylic acids is 1. The Bertz CT molecular complexity index is 656. The number of H-pyrrole nitrogens is 1. The molecule has 1 amide bonds. The highest BCUT2D eigenvalue weighted by Crippen LogP contribution is 2.28. The Kier molecular flexibility index (Phi) is 2.77. The minimum atomic E-state index is 0.0703. The van der Waals surface area contributed by atoms with E-state index >= 15 is 0 Å². The van der Waals surface area contributed by atoms with Crippen LogP contribution in [0.1, 0.15) is 17.7 Å². The third kappa shape index (κ3) is 1.83. The molecule has 3 heterocycles. The van der Waals surface area contributed by atoms with Crippen molar-refractivity contribution >= 4 is 16.8 Å². The van der Waals surface area contributed by atoms with Crippen LogP contribution in [0.4, 0.5) is 0 Å². The number of hydrogen-bond donors (Lipinski definition) is 1. The zero-order chi connectivity index (χ0) is 13.5. The molecule has 1 fully saturated rings. The summed E-state index contributed by atoms with van der Waals surface area (Å²) in [6.07, 6.45) is 1.81. The average Bonchev–Trinajstić information content (AvgIpc) is 3.13. The Balaban J connectivity index is 1.61. The number of rotatable bonds is 1. The second kappa shape index (κ2) is 4.63. The number of fused-ring (bicyclic) bond motifs is 3. The molecule has 0 saturated carbocycles. The number of carbonyl (C=O) groups is 1. The van der Waals surface area contributed by atoms with E-state index in [1.54, 1.807) is 0 Å². The van der Waals surface area contributed by atoms with Crippen molar-refractivity contribution in [3.8, 4) is 0 Å². The minimum absolute atomic E-state index is 0.0703. The summed E-state index contributed by atoms with van der Waals surface area (Å²) in [5.74, 6) is 0.327. The van der Waals surface area contributed by atoms with Gasteiger partial charge in [0.2, 0.25) is 5.91 Å². The lowest BCUT2D eigenvalue weighted by atomic mass is 10.0. The summed E-state index contributed by atoms with van der Waals surface area (Å²) in [5.41, 5.74) is 3.76. The van der Waals surface area contributed by atoms with Gasteiger partial charge in [-0.25, -0.2) is 0 Å². The Labute approximate surface area is 117 Å². The van der Waals surface area contributed by atoms with Gasteiger partial charge in [0.15, 0.2) is 0 Å². The Morgan fingerprint density at radius 1 is 1.35 bits per heavy atom. The topological polar surface area (TPSA) is 45.3 Å². The highest BCUT2D eigenvalue weighted by atomic mass is 16.5. The van der Waals surface area contributed by atoms with Crippen molar-refractivity contribution in [2.45, 2.75) is 19.4 Å². The van der Waals surface area contributed by atoms with Crippen molar-refractivity contribution in [1.29, 1.82) is 0 Å². The van der Waals surface area contributed by atoms with Crippen LogP contribution in [0.15, 0.2) is 24.3 Å². The van der Waals surface area contributed by atoms with Crippen LogP contribution in [0.3, 0.4) is 0 Å². The molecule has 104 valence electrons. The first-order valence-electron chi connectivity index (χ1n) is 7.28.